The Balaban J connectivity index is 1.55. The molecule has 2 heterocycles. The lowest BCUT2D eigenvalue weighted by molar-refractivity contribution is -0.118. The lowest BCUT2D eigenvalue weighted by Crippen LogP contribution is -2.54. The quantitative estimate of drug-likeness (QED) is 0.222. The van der Waals surface area contributed by atoms with Gasteiger partial charge in [0.15, 0.2) is 5.16 Å². The Morgan fingerprint density at radius 3 is 2.76 bits per heavy atom. The van der Waals surface area contributed by atoms with Gasteiger partial charge in [-0.05, 0) is 31.5 Å². The number of anilines is 1. The molecule has 7 nitrogen and oxygen atoms in total. The number of nitrogens with zero attached hydrogens (tertiary/aromatic N) is 4. The Kier molecular flexibility index (Phi) is 9.95. The second kappa shape index (κ2) is 12.9. The van der Waals surface area contributed by atoms with E-state index >= 15 is 0 Å². The van der Waals surface area contributed by atoms with E-state index in [1.807, 2.05) is 11.8 Å². The summed E-state index contributed by atoms with van der Waals surface area (Å²) in [5, 5.41) is 3.67. The van der Waals surface area contributed by atoms with Crippen LogP contribution in [-0.2, 0) is 4.79 Å². The fourth-order valence-corrected chi connectivity index (χ4v) is 4.74. The lowest BCUT2D eigenvalue weighted by Gasteiger charge is -2.40. The maximum Gasteiger partial charge on any atom is 0.254 e. The number of carbonyl (C=O) groups is 2. The summed E-state index contributed by atoms with van der Waals surface area (Å²) in [6.07, 6.45) is 4.43. The molecule has 1 aliphatic heterocycles. The number of amides is 2. The van der Waals surface area contributed by atoms with Crippen molar-refractivity contribution in [3.8, 4) is 0 Å². The third kappa shape index (κ3) is 7.56. The van der Waals surface area contributed by atoms with E-state index < -0.39 is 5.82 Å². The monoisotopic (exact) mass is 507 g/mol. The van der Waals surface area contributed by atoms with Crippen LogP contribution in [0, 0.1) is 5.82 Å². The number of piperazine rings is 1. The van der Waals surface area contributed by atoms with Crippen molar-refractivity contribution in [3.05, 3.63) is 46.9 Å². The molecule has 0 spiro atoms. The van der Waals surface area contributed by atoms with Crippen LogP contribution in [0.25, 0.3) is 0 Å². The summed E-state index contributed by atoms with van der Waals surface area (Å²) in [7, 11) is 0. The summed E-state index contributed by atoms with van der Waals surface area (Å²) in [4.78, 5) is 37.6. The van der Waals surface area contributed by atoms with Crippen molar-refractivity contribution in [2.75, 3.05) is 36.8 Å². The maximum absolute atomic E-state index is 13.5. The number of unbranched alkanes of at least 4 members (excludes halogenated alkanes) is 3. The summed E-state index contributed by atoms with van der Waals surface area (Å²) in [6.45, 7) is 6.37. The first-order chi connectivity index (χ1) is 16.4. The molecule has 1 aromatic heterocycles. The van der Waals surface area contributed by atoms with Crippen molar-refractivity contribution >= 4 is 41.0 Å². The van der Waals surface area contributed by atoms with Gasteiger partial charge in [-0.2, -0.15) is 0 Å². The summed E-state index contributed by atoms with van der Waals surface area (Å²) in [5.41, 5.74) is 0.340. The summed E-state index contributed by atoms with van der Waals surface area (Å²) < 4.78 is 13.5. The molecule has 2 aromatic rings. The standard InChI is InChI=1S/C24H31ClFN5O2S/c1-3-4-5-6-10-27-22(32)16-34-24-28-20(25)14-21(29-24)30-11-12-31(17(2)15-30)23(33)18-8-7-9-19(26)13-18/h7-9,13-14,17H,3-6,10-12,15-16H2,1-2H3,(H,27,32). The Morgan fingerprint density at radius 2 is 2.03 bits per heavy atom. The zero-order valence-electron chi connectivity index (χ0n) is 19.6. The largest absolute Gasteiger partial charge is 0.355 e. The van der Waals surface area contributed by atoms with E-state index in [4.69, 9.17) is 11.6 Å². The van der Waals surface area contributed by atoms with Crippen molar-refractivity contribution in [3.63, 3.8) is 0 Å². The third-order valence-electron chi connectivity index (χ3n) is 5.63. The van der Waals surface area contributed by atoms with Gasteiger partial charge >= 0.3 is 0 Å². The molecule has 184 valence electrons. The van der Waals surface area contributed by atoms with Crippen LogP contribution in [0.2, 0.25) is 5.15 Å². The lowest BCUT2D eigenvalue weighted by atomic mass is 10.1. The normalized spacial score (nSPS) is 15.9. The first kappa shape index (κ1) is 26.2. The average molecular weight is 508 g/mol. The SMILES string of the molecule is CCCCCCNC(=O)CSc1nc(Cl)cc(N2CCN(C(=O)c3cccc(F)c3)C(C)C2)n1. The van der Waals surface area contributed by atoms with Gasteiger partial charge in [-0.15, -0.1) is 0 Å². The number of carbonyl (C=O) groups excluding carboxylic acids is 2. The molecule has 1 atom stereocenters. The Morgan fingerprint density at radius 1 is 1.21 bits per heavy atom. The van der Waals surface area contributed by atoms with Crippen LogP contribution in [0.5, 0.6) is 0 Å². The minimum Gasteiger partial charge on any atom is -0.355 e. The number of rotatable bonds is 10. The van der Waals surface area contributed by atoms with Gasteiger partial charge < -0.3 is 15.1 Å². The Labute approximate surface area is 209 Å². The molecule has 3 rings (SSSR count). The molecule has 34 heavy (non-hydrogen) atoms. The van der Waals surface area contributed by atoms with Crippen LogP contribution >= 0.6 is 23.4 Å². The van der Waals surface area contributed by atoms with Crippen molar-refractivity contribution in [1.29, 1.82) is 0 Å². The first-order valence-electron chi connectivity index (χ1n) is 11.6. The van der Waals surface area contributed by atoms with E-state index in [1.165, 1.54) is 36.4 Å². The van der Waals surface area contributed by atoms with Gasteiger partial charge in [-0.3, -0.25) is 9.59 Å². The van der Waals surface area contributed by atoms with Gasteiger partial charge in [-0.25, -0.2) is 14.4 Å². The van der Waals surface area contributed by atoms with Crippen LogP contribution in [-0.4, -0.2) is 64.7 Å². The molecule has 1 N–H and O–H groups in total. The van der Waals surface area contributed by atoms with E-state index in [9.17, 15) is 14.0 Å². The van der Waals surface area contributed by atoms with Crippen LogP contribution < -0.4 is 10.2 Å². The molecule has 0 aliphatic carbocycles. The van der Waals surface area contributed by atoms with Crippen molar-refractivity contribution in [2.45, 2.75) is 50.7 Å². The Hall–Kier alpha value is -2.39. The molecule has 1 aromatic carbocycles. The van der Waals surface area contributed by atoms with E-state index in [2.05, 4.69) is 22.2 Å². The number of thioether (sulfide) groups is 1. The molecule has 1 saturated heterocycles. The van der Waals surface area contributed by atoms with Crippen LogP contribution in [0.15, 0.2) is 35.5 Å². The number of halogens is 2. The highest BCUT2D eigenvalue weighted by Gasteiger charge is 2.29. The van der Waals surface area contributed by atoms with E-state index in [-0.39, 0.29) is 23.6 Å². The van der Waals surface area contributed by atoms with Gasteiger partial charge in [0.25, 0.3) is 5.91 Å². The zero-order valence-corrected chi connectivity index (χ0v) is 21.2. The smallest absolute Gasteiger partial charge is 0.254 e. The molecule has 0 saturated carbocycles. The topological polar surface area (TPSA) is 78.4 Å². The van der Waals surface area contributed by atoms with E-state index in [0.29, 0.717) is 47.9 Å². The van der Waals surface area contributed by atoms with Gasteiger partial charge in [0, 0.05) is 43.9 Å². The van der Waals surface area contributed by atoms with Gasteiger partial charge in [0.1, 0.15) is 16.8 Å². The zero-order chi connectivity index (χ0) is 24.5. The van der Waals surface area contributed by atoms with Crippen LogP contribution in [0.3, 0.4) is 0 Å². The number of nitrogens with one attached hydrogen (secondary N) is 1. The highest BCUT2D eigenvalue weighted by atomic mass is 35.5. The predicted octanol–water partition coefficient (Wildman–Crippen LogP) is 4.41. The molecular weight excluding hydrogens is 477 g/mol. The van der Waals surface area contributed by atoms with Gasteiger partial charge in [0.05, 0.1) is 5.75 Å². The van der Waals surface area contributed by atoms with E-state index in [1.54, 1.807) is 17.0 Å². The average Bonchev–Trinajstić information content (AvgIpc) is 2.82. The highest BCUT2D eigenvalue weighted by molar-refractivity contribution is 7.99. The Bertz CT molecular complexity index is 996. The molecular formula is C24H31ClFN5O2S. The maximum atomic E-state index is 13.5. The molecule has 10 heteroatoms. The minimum absolute atomic E-state index is 0.0512. The van der Waals surface area contributed by atoms with Crippen LogP contribution in [0.1, 0.15) is 49.9 Å². The van der Waals surface area contributed by atoms with Crippen molar-refractivity contribution in [1.82, 2.24) is 20.2 Å². The summed E-state index contributed by atoms with van der Waals surface area (Å²) >= 11 is 7.48. The molecule has 1 unspecified atom stereocenters. The first-order valence-corrected chi connectivity index (χ1v) is 13.0. The molecule has 2 amide bonds. The predicted molar refractivity (Wildman–Crippen MR) is 134 cm³/mol. The summed E-state index contributed by atoms with van der Waals surface area (Å²) in [5.74, 6) is 0.212. The van der Waals surface area contributed by atoms with E-state index in [0.717, 1.165) is 19.3 Å². The fraction of sp³-hybridized carbons (Fsp3) is 0.500. The number of hydrogen-bond donors (Lipinski definition) is 1. The number of benzene rings is 1. The molecule has 1 fully saturated rings. The van der Waals surface area contributed by atoms with Crippen LogP contribution in [0.4, 0.5) is 10.2 Å². The van der Waals surface area contributed by atoms with Crippen molar-refractivity contribution in [2.24, 2.45) is 0 Å². The summed E-state index contributed by atoms with van der Waals surface area (Å²) in [6, 6.07) is 7.33. The molecule has 1 aliphatic rings. The highest BCUT2D eigenvalue weighted by Crippen LogP contribution is 2.24. The second-order valence-corrected chi connectivity index (χ2v) is 9.66. The molecule has 0 radical (unpaired) electrons. The third-order valence-corrected chi connectivity index (χ3v) is 6.67. The van der Waals surface area contributed by atoms with Crippen molar-refractivity contribution < 1.29 is 14.0 Å². The van der Waals surface area contributed by atoms with Gasteiger partial charge in [-0.1, -0.05) is 55.6 Å². The minimum atomic E-state index is -0.428. The van der Waals surface area contributed by atoms with Gasteiger partial charge in [0.2, 0.25) is 5.91 Å². The second-order valence-electron chi connectivity index (χ2n) is 8.33. The fourth-order valence-electron chi connectivity index (χ4n) is 3.83. The number of aromatic nitrogens is 2. The molecule has 0 bridgehead atoms. The number of hydrogen-bond acceptors (Lipinski definition) is 6.